The predicted octanol–water partition coefficient (Wildman–Crippen LogP) is 3.20. The molecule has 1 rings (SSSR count). The number of aromatic hydroxyl groups is 1. The van der Waals surface area contributed by atoms with Crippen molar-refractivity contribution in [1.82, 2.24) is 0 Å². The standard InChI is InChI=1S/C8H8BrIO/c1-5-2-6(4-9)8(11)7(10)3-5/h2-3,11H,4H2,1H3. The van der Waals surface area contributed by atoms with Crippen molar-refractivity contribution in [1.29, 1.82) is 0 Å². The molecule has 0 aliphatic carbocycles. The van der Waals surface area contributed by atoms with Gasteiger partial charge in [-0.05, 0) is 41.1 Å². The van der Waals surface area contributed by atoms with Gasteiger partial charge in [-0.25, -0.2) is 0 Å². The summed E-state index contributed by atoms with van der Waals surface area (Å²) in [5.41, 5.74) is 2.14. The second kappa shape index (κ2) is 3.76. The highest BCUT2D eigenvalue weighted by molar-refractivity contribution is 14.1. The van der Waals surface area contributed by atoms with Crippen molar-refractivity contribution in [2.24, 2.45) is 0 Å². The summed E-state index contributed by atoms with van der Waals surface area (Å²) in [5.74, 6) is 0.396. The summed E-state index contributed by atoms with van der Waals surface area (Å²) in [7, 11) is 0. The molecular weight excluding hydrogens is 319 g/mol. The number of rotatable bonds is 1. The summed E-state index contributed by atoms with van der Waals surface area (Å²) >= 11 is 5.44. The number of alkyl halides is 1. The number of phenols is 1. The molecule has 0 radical (unpaired) electrons. The summed E-state index contributed by atoms with van der Waals surface area (Å²) < 4.78 is 0.914. The van der Waals surface area contributed by atoms with E-state index in [0.717, 1.165) is 9.13 Å². The number of aryl methyl sites for hydroxylation is 1. The third kappa shape index (κ3) is 2.08. The minimum atomic E-state index is 0.396. The van der Waals surface area contributed by atoms with E-state index in [9.17, 15) is 5.11 Å². The van der Waals surface area contributed by atoms with Crippen LogP contribution in [0.5, 0.6) is 5.75 Å². The van der Waals surface area contributed by atoms with E-state index < -0.39 is 0 Å². The maximum atomic E-state index is 9.48. The van der Waals surface area contributed by atoms with E-state index in [4.69, 9.17) is 0 Å². The van der Waals surface area contributed by atoms with Crippen molar-refractivity contribution in [2.75, 3.05) is 0 Å². The zero-order chi connectivity index (χ0) is 8.43. The van der Waals surface area contributed by atoms with Gasteiger partial charge in [0.15, 0.2) is 0 Å². The lowest BCUT2D eigenvalue weighted by Crippen LogP contribution is -1.85. The first-order chi connectivity index (χ1) is 5.15. The van der Waals surface area contributed by atoms with Crippen LogP contribution in [-0.2, 0) is 5.33 Å². The molecule has 0 unspecified atom stereocenters. The van der Waals surface area contributed by atoms with Crippen molar-refractivity contribution in [2.45, 2.75) is 12.3 Å². The molecule has 0 aliphatic rings. The highest BCUT2D eigenvalue weighted by atomic mass is 127. The van der Waals surface area contributed by atoms with Gasteiger partial charge in [0.1, 0.15) is 5.75 Å². The molecule has 1 aromatic rings. The fourth-order valence-corrected chi connectivity index (χ4v) is 2.17. The Morgan fingerprint density at radius 1 is 1.55 bits per heavy atom. The van der Waals surface area contributed by atoms with Crippen LogP contribution in [0.25, 0.3) is 0 Å². The molecule has 0 saturated carbocycles. The van der Waals surface area contributed by atoms with Crippen molar-refractivity contribution in [3.05, 3.63) is 26.8 Å². The summed E-state index contributed by atoms with van der Waals surface area (Å²) in [6.45, 7) is 2.02. The van der Waals surface area contributed by atoms with Gasteiger partial charge in [0.25, 0.3) is 0 Å². The molecule has 0 atom stereocenters. The minimum Gasteiger partial charge on any atom is -0.507 e. The monoisotopic (exact) mass is 326 g/mol. The highest BCUT2D eigenvalue weighted by Crippen LogP contribution is 2.27. The molecule has 60 valence electrons. The van der Waals surface area contributed by atoms with E-state index >= 15 is 0 Å². The van der Waals surface area contributed by atoms with Crippen LogP contribution in [0.15, 0.2) is 12.1 Å². The maximum Gasteiger partial charge on any atom is 0.132 e. The van der Waals surface area contributed by atoms with Crippen LogP contribution in [0.3, 0.4) is 0 Å². The third-order valence-corrected chi connectivity index (χ3v) is 2.86. The molecule has 1 nitrogen and oxygen atoms in total. The number of hydrogen-bond donors (Lipinski definition) is 1. The van der Waals surface area contributed by atoms with E-state index in [1.54, 1.807) is 0 Å². The Hall–Kier alpha value is 0.230. The molecule has 0 amide bonds. The lowest BCUT2D eigenvalue weighted by atomic mass is 10.1. The fraction of sp³-hybridized carbons (Fsp3) is 0.250. The van der Waals surface area contributed by atoms with Crippen molar-refractivity contribution >= 4 is 38.5 Å². The molecular formula is C8H8BrIO. The lowest BCUT2D eigenvalue weighted by Gasteiger charge is -2.04. The molecule has 0 fully saturated rings. The number of halogens is 2. The van der Waals surface area contributed by atoms with Crippen LogP contribution in [0.4, 0.5) is 0 Å². The average molecular weight is 327 g/mol. The van der Waals surface area contributed by atoms with Gasteiger partial charge < -0.3 is 5.11 Å². The predicted molar refractivity (Wildman–Crippen MR) is 58.2 cm³/mol. The first-order valence-electron chi connectivity index (χ1n) is 3.19. The number of hydrogen-bond acceptors (Lipinski definition) is 1. The molecule has 0 heterocycles. The van der Waals surface area contributed by atoms with Crippen LogP contribution >= 0.6 is 38.5 Å². The van der Waals surface area contributed by atoms with Crippen LogP contribution in [0.2, 0.25) is 0 Å². The van der Waals surface area contributed by atoms with E-state index in [0.29, 0.717) is 11.1 Å². The third-order valence-electron chi connectivity index (χ3n) is 1.43. The molecule has 1 aromatic carbocycles. The van der Waals surface area contributed by atoms with Gasteiger partial charge in [-0.1, -0.05) is 22.0 Å². The zero-order valence-corrected chi connectivity index (χ0v) is 9.81. The van der Waals surface area contributed by atoms with Gasteiger partial charge in [-0.2, -0.15) is 0 Å². The minimum absolute atomic E-state index is 0.396. The molecule has 0 aromatic heterocycles. The molecule has 0 spiro atoms. The van der Waals surface area contributed by atoms with Crippen molar-refractivity contribution in [3.8, 4) is 5.75 Å². The summed E-state index contributed by atoms with van der Waals surface area (Å²) in [6, 6.07) is 3.94. The molecule has 3 heteroatoms. The summed E-state index contributed by atoms with van der Waals surface area (Å²) in [5, 5.41) is 10.2. The smallest absolute Gasteiger partial charge is 0.132 e. The molecule has 0 aliphatic heterocycles. The van der Waals surface area contributed by atoms with E-state index in [2.05, 4.69) is 38.5 Å². The van der Waals surface area contributed by atoms with Crippen LogP contribution in [0, 0.1) is 10.5 Å². The molecule has 0 bridgehead atoms. The quantitative estimate of drug-likeness (QED) is 0.620. The van der Waals surface area contributed by atoms with Crippen LogP contribution in [-0.4, -0.2) is 5.11 Å². The Bertz CT molecular complexity index is 273. The SMILES string of the molecule is Cc1cc(I)c(O)c(CBr)c1. The Morgan fingerprint density at radius 2 is 2.18 bits per heavy atom. The van der Waals surface area contributed by atoms with E-state index in [1.165, 1.54) is 5.56 Å². The van der Waals surface area contributed by atoms with Gasteiger partial charge in [0.2, 0.25) is 0 Å². The van der Waals surface area contributed by atoms with E-state index in [-0.39, 0.29) is 0 Å². The van der Waals surface area contributed by atoms with Crippen molar-refractivity contribution in [3.63, 3.8) is 0 Å². The van der Waals surface area contributed by atoms with Gasteiger partial charge in [0, 0.05) is 10.9 Å². The molecule has 1 N–H and O–H groups in total. The van der Waals surface area contributed by atoms with Crippen LogP contribution in [0.1, 0.15) is 11.1 Å². The number of benzene rings is 1. The Balaban J connectivity index is 3.24. The Morgan fingerprint density at radius 3 is 2.73 bits per heavy atom. The lowest BCUT2D eigenvalue weighted by molar-refractivity contribution is 0.466. The van der Waals surface area contributed by atoms with Gasteiger partial charge in [0.05, 0.1) is 3.57 Å². The van der Waals surface area contributed by atoms with Gasteiger partial charge >= 0.3 is 0 Å². The first kappa shape index (κ1) is 9.32. The summed E-state index contributed by atoms with van der Waals surface area (Å²) in [4.78, 5) is 0. The molecule has 0 saturated heterocycles. The zero-order valence-electron chi connectivity index (χ0n) is 6.06. The topological polar surface area (TPSA) is 20.2 Å². The van der Waals surface area contributed by atoms with Crippen molar-refractivity contribution < 1.29 is 5.11 Å². The highest BCUT2D eigenvalue weighted by Gasteiger charge is 2.04. The van der Waals surface area contributed by atoms with Gasteiger partial charge in [-0.15, -0.1) is 0 Å². The first-order valence-corrected chi connectivity index (χ1v) is 5.39. The summed E-state index contributed by atoms with van der Waals surface area (Å²) in [6.07, 6.45) is 0. The number of phenolic OH excluding ortho intramolecular Hbond substituents is 1. The largest absolute Gasteiger partial charge is 0.507 e. The van der Waals surface area contributed by atoms with Gasteiger partial charge in [-0.3, -0.25) is 0 Å². The fourth-order valence-electron chi connectivity index (χ4n) is 0.908. The van der Waals surface area contributed by atoms with Crippen LogP contribution < -0.4 is 0 Å². The van der Waals surface area contributed by atoms with E-state index in [1.807, 2.05) is 19.1 Å². The average Bonchev–Trinajstić information content (AvgIpc) is 1.96. The Labute approximate surface area is 88.1 Å². The second-order valence-corrected chi connectivity index (χ2v) is 4.11. The molecule has 11 heavy (non-hydrogen) atoms. The second-order valence-electron chi connectivity index (χ2n) is 2.39. The normalized spacial score (nSPS) is 10.1. The maximum absolute atomic E-state index is 9.48. The Kier molecular flexibility index (Phi) is 3.18.